The first-order valence-electron chi connectivity index (χ1n) is 3.56. The van der Waals surface area contributed by atoms with Crippen molar-refractivity contribution in [3.63, 3.8) is 0 Å². The average molecular weight is 229 g/mol. The van der Waals surface area contributed by atoms with Gasteiger partial charge in [-0.25, -0.2) is 0 Å². The summed E-state index contributed by atoms with van der Waals surface area (Å²) < 4.78 is 1.29. The maximum atomic E-state index is 3.07. The molecule has 0 aliphatic carbocycles. The zero-order chi connectivity index (χ0) is 8.10. The zero-order valence-corrected chi connectivity index (χ0v) is 8.94. The molecule has 0 saturated heterocycles. The van der Waals surface area contributed by atoms with Gasteiger partial charge >= 0.3 is 79.7 Å². The molecule has 0 N–H and O–H groups in total. The third-order valence-electron chi connectivity index (χ3n) is 1.28. The number of hydrogen-bond donors (Lipinski definition) is 0. The van der Waals surface area contributed by atoms with Crippen LogP contribution >= 0.6 is 11.8 Å². The van der Waals surface area contributed by atoms with Crippen molar-refractivity contribution in [2.24, 2.45) is 0 Å². The summed E-state index contributed by atoms with van der Waals surface area (Å²) in [5.74, 6) is 1.12. The molecule has 0 nitrogen and oxygen atoms in total. The van der Waals surface area contributed by atoms with E-state index in [2.05, 4.69) is 46.8 Å². The van der Waals surface area contributed by atoms with Crippen LogP contribution in [0, 0.1) is 0 Å². The van der Waals surface area contributed by atoms with Gasteiger partial charge in [0, 0.05) is 0 Å². The third-order valence-corrected chi connectivity index (χ3v) is 3.31. The van der Waals surface area contributed by atoms with Gasteiger partial charge in [-0.3, -0.25) is 0 Å². The van der Waals surface area contributed by atoms with Crippen LogP contribution in [0.3, 0.4) is 0 Å². The van der Waals surface area contributed by atoms with Crippen LogP contribution in [0.2, 0.25) is 0 Å². The van der Waals surface area contributed by atoms with Crippen LogP contribution in [0.15, 0.2) is 30.3 Å². The van der Waals surface area contributed by atoms with Crippen molar-refractivity contribution in [1.29, 1.82) is 0 Å². The van der Waals surface area contributed by atoms with E-state index in [1.54, 1.807) is 0 Å². The molecule has 0 aromatic heterocycles. The molecule has 58 valence electrons. The molecule has 0 spiro atoms. The molecule has 0 saturated carbocycles. The molecular weight excluding hydrogens is 219 g/mol. The van der Waals surface area contributed by atoms with Crippen molar-refractivity contribution >= 4 is 31.1 Å². The molecule has 0 amide bonds. The molecule has 0 radical (unpaired) electrons. The van der Waals surface area contributed by atoms with Crippen molar-refractivity contribution in [2.45, 2.75) is 6.92 Å². The van der Waals surface area contributed by atoms with Gasteiger partial charge in [0.15, 0.2) is 0 Å². The third kappa shape index (κ3) is 2.82. The molecule has 1 aromatic carbocycles. The number of thioether (sulfide) groups is 1. The average Bonchev–Trinajstić information content (AvgIpc) is 2.07. The van der Waals surface area contributed by atoms with Gasteiger partial charge in [-0.1, -0.05) is 0 Å². The second kappa shape index (κ2) is 4.76. The molecular formula is C9H10SSe. The van der Waals surface area contributed by atoms with E-state index >= 15 is 0 Å². The standard InChI is InChI=1S/C9H10SSe/c1-2-10-9(11)8-6-4-3-5-7-8/h3-7H,2H2,1H3. The van der Waals surface area contributed by atoms with Crippen molar-refractivity contribution in [2.75, 3.05) is 5.75 Å². The predicted molar refractivity (Wildman–Crippen MR) is 54.4 cm³/mol. The minimum absolute atomic E-state index is 1.12. The molecule has 1 aromatic rings. The Kier molecular flexibility index (Phi) is 3.92. The Labute approximate surface area is 79.7 Å². The first-order chi connectivity index (χ1) is 5.34. The second-order valence-electron chi connectivity index (χ2n) is 2.09. The summed E-state index contributed by atoms with van der Waals surface area (Å²) in [6.45, 7) is 2.16. The molecule has 0 fully saturated rings. The molecule has 0 aliphatic heterocycles. The fraction of sp³-hybridized carbons (Fsp3) is 0.222. The molecule has 11 heavy (non-hydrogen) atoms. The van der Waals surface area contributed by atoms with Gasteiger partial charge in [0.2, 0.25) is 0 Å². The fourth-order valence-corrected chi connectivity index (χ4v) is 2.38. The number of benzene rings is 1. The van der Waals surface area contributed by atoms with Crippen molar-refractivity contribution in [3.05, 3.63) is 35.9 Å². The summed E-state index contributed by atoms with van der Waals surface area (Å²) in [5.41, 5.74) is 1.29. The summed E-state index contributed by atoms with van der Waals surface area (Å²) in [4.78, 5) is 0. The minimum atomic E-state index is 1.12. The van der Waals surface area contributed by atoms with Crippen LogP contribution < -0.4 is 0 Å². The maximum absolute atomic E-state index is 3.07. The number of hydrogen-bond acceptors (Lipinski definition) is 1. The van der Waals surface area contributed by atoms with E-state index in [0.29, 0.717) is 0 Å². The van der Waals surface area contributed by atoms with E-state index in [1.807, 2.05) is 17.8 Å². The van der Waals surface area contributed by atoms with Crippen LogP contribution in [0.25, 0.3) is 0 Å². The summed E-state index contributed by atoms with van der Waals surface area (Å²) >= 11 is 4.92. The van der Waals surface area contributed by atoms with Gasteiger partial charge in [-0.15, -0.1) is 0 Å². The second-order valence-corrected chi connectivity index (χ2v) is 4.80. The van der Waals surface area contributed by atoms with E-state index in [4.69, 9.17) is 0 Å². The molecule has 0 atom stereocenters. The topological polar surface area (TPSA) is 0 Å². The molecule has 0 unspecified atom stereocenters. The van der Waals surface area contributed by atoms with Crippen LogP contribution in [0.5, 0.6) is 0 Å². The van der Waals surface area contributed by atoms with Crippen molar-refractivity contribution < 1.29 is 0 Å². The van der Waals surface area contributed by atoms with Gasteiger partial charge in [-0.05, 0) is 0 Å². The molecule has 0 aliphatic rings. The SMILES string of the molecule is CCSC(=[Se])c1ccccc1. The van der Waals surface area contributed by atoms with E-state index in [-0.39, 0.29) is 0 Å². The summed E-state index contributed by atoms with van der Waals surface area (Å²) in [6, 6.07) is 10.4. The van der Waals surface area contributed by atoms with Crippen LogP contribution in [0.4, 0.5) is 0 Å². The van der Waals surface area contributed by atoms with Crippen LogP contribution in [-0.2, 0) is 0 Å². The summed E-state index contributed by atoms with van der Waals surface area (Å²) in [6.07, 6.45) is 0. The van der Waals surface area contributed by atoms with Gasteiger partial charge in [0.05, 0.1) is 0 Å². The fourth-order valence-electron chi connectivity index (χ4n) is 0.789. The van der Waals surface area contributed by atoms with E-state index < -0.39 is 0 Å². The van der Waals surface area contributed by atoms with Gasteiger partial charge in [-0.2, -0.15) is 0 Å². The Morgan fingerprint density at radius 2 is 2.00 bits per heavy atom. The molecule has 2 heteroatoms. The molecule has 1 rings (SSSR count). The zero-order valence-electron chi connectivity index (χ0n) is 6.41. The normalized spacial score (nSPS) is 9.55. The summed E-state index contributed by atoms with van der Waals surface area (Å²) in [5, 5.41) is 0. The van der Waals surface area contributed by atoms with Crippen molar-refractivity contribution in [1.82, 2.24) is 0 Å². The van der Waals surface area contributed by atoms with Crippen LogP contribution in [-0.4, -0.2) is 25.1 Å². The van der Waals surface area contributed by atoms with Crippen LogP contribution in [0.1, 0.15) is 12.5 Å². The summed E-state index contributed by atoms with van der Waals surface area (Å²) in [7, 11) is 0. The first kappa shape index (κ1) is 9.05. The Morgan fingerprint density at radius 1 is 1.36 bits per heavy atom. The Morgan fingerprint density at radius 3 is 2.55 bits per heavy atom. The molecule has 0 bridgehead atoms. The predicted octanol–water partition coefficient (Wildman–Crippen LogP) is 2.09. The van der Waals surface area contributed by atoms with Crippen molar-refractivity contribution in [3.8, 4) is 0 Å². The van der Waals surface area contributed by atoms with E-state index in [9.17, 15) is 0 Å². The van der Waals surface area contributed by atoms with Gasteiger partial charge in [0.1, 0.15) is 0 Å². The first-order valence-corrected chi connectivity index (χ1v) is 5.41. The van der Waals surface area contributed by atoms with Gasteiger partial charge in [0.25, 0.3) is 0 Å². The Hall–Kier alpha value is -0.0405. The van der Waals surface area contributed by atoms with Gasteiger partial charge < -0.3 is 0 Å². The van der Waals surface area contributed by atoms with E-state index in [0.717, 1.165) is 5.75 Å². The quantitative estimate of drug-likeness (QED) is 0.715. The Balaban J connectivity index is 2.69. The molecule has 0 heterocycles. The monoisotopic (exact) mass is 230 g/mol. The number of rotatable bonds is 3. The Bertz CT molecular complexity index is 231. The van der Waals surface area contributed by atoms with E-state index in [1.165, 1.54) is 9.31 Å².